The van der Waals surface area contributed by atoms with Crippen molar-refractivity contribution >= 4 is 21.3 Å². The van der Waals surface area contributed by atoms with Gasteiger partial charge in [0.1, 0.15) is 0 Å². The van der Waals surface area contributed by atoms with E-state index in [0.717, 1.165) is 19.3 Å². The van der Waals surface area contributed by atoms with Crippen LogP contribution in [0.1, 0.15) is 103 Å². The van der Waals surface area contributed by atoms with E-state index in [9.17, 15) is 0 Å². The van der Waals surface area contributed by atoms with E-state index in [1.54, 1.807) is 15.1 Å². The van der Waals surface area contributed by atoms with Crippen LogP contribution in [-0.4, -0.2) is 64.9 Å². The molecule has 172 valence electrons. The number of hydrogen-bond acceptors (Lipinski definition) is 6. The predicted molar refractivity (Wildman–Crippen MR) is 118 cm³/mol. The standard InChI is InChI=1S/C20H42O3.H3O3PSe/c21-17-15-13-11-9-7-5-3-1-2-4-6-8-10-12-14-16-20(18-22)19-23;1-4(2,3)5/h20-23H,1-19H2;(H3,1,2,3,5). The van der Waals surface area contributed by atoms with Crippen molar-refractivity contribution in [2.24, 2.45) is 5.92 Å². The van der Waals surface area contributed by atoms with Gasteiger partial charge in [-0.05, 0) is 12.8 Å². The fourth-order valence-corrected chi connectivity index (χ4v) is 3.08. The molecule has 0 saturated heterocycles. The second-order valence-electron chi connectivity index (χ2n) is 7.56. The normalized spacial score (nSPS) is 11.5. The van der Waals surface area contributed by atoms with Gasteiger partial charge in [0.05, 0.1) is 0 Å². The molecule has 0 unspecified atom stereocenters. The topological polar surface area (TPSA) is 121 Å². The summed E-state index contributed by atoms with van der Waals surface area (Å²) in [7, 11) is 0. The van der Waals surface area contributed by atoms with Crippen LogP contribution in [0.5, 0.6) is 0 Å². The summed E-state index contributed by atoms with van der Waals surface area (Å²) >= 11 is 1.76. The van der Waals surface area contributed by atoms with Crippen molar-refractivity contribution in [3.05, 3.63) is 0 Å². The summed E-state index contributed by atoms with van der Waals surface area (Å²) in [5.74, 6) is 0.102. The first-order chi connectivity index (χ1) is 13.3. The van der Waals surface area contributed by atoms with Gasteiger partial charge in [-0.2, -0.15) is 0 Å². The van der Waals surface area contributed by atoms with Crippen molar-refractivity contribution in [3.8, 4) is 0 Å². The van der Waals surface area contributed by atoms with Crippen molar-refractivity contribution in [2.75, 3.05) is 19.8 Å². The van der Waals surface area contributed by atoms with E-state index in [1.165, 1.54) is 83.5 Å². The Morgan fingerprint density at radius 1 is 0.500 bits per heavy atom. The summed E-state index contributed by atoms with van der Waals surface area (Å²) < 4.78 is 0. The van der Waals surface area contributed by atoms with Crippen LogP contribution in [0, 0.1) is 5.92 Å². The molecule has 8 heteroatoms. The summed E-state index contributed by atoms with van der Waals surface area (Å²) in [6, 6.07) is 0. The van der Waals surface area contributed by atoms with Gasteiger partial charge in [0, 0.05) is 25.7 Å². The molecule has 0 aromatic carbocycles. The minimum absolute atomic E-state index is 0.102. The molecule has 6 nitrogen and oxygen atoms in total. The van der Waals surface area contributed by atoms with Gasteiger partial charge in [-0.25, -0.2) is 0 Å². The molecule has 28 heavy (non-hydrogen) atoms. The molecule has 0 fully saturated rings. The SMILES string of the molecule is OCCCCCCCCCCCCCCCCCC(CO)CO.OP(O)(O)=[Se]. The van der Waals surface area contributed by atoms with E-state index in [1.807, 2.05) is 0 Å². The molecule has 0 aromatic rings. The molecule has 6 N–H and O–H groups in total. The van der Waals surface area contributed by atoms with Crippen molar-refractivity contribution < 1.29 is 30.0 Å². The van der Waals surface area contributed by atoms with Crippen LogP contribution < -0.4 is 0 Å². The molecule has 0 aliphatic carbocycles. The zero-order valence-corrected chi connectivity index (χ0v) is 20.2. The number of hydrogen-bond donors (Lipinski definition) is 6. The molecular formula is C20H45O6PSe. The molecule has 0 bridgehead atoms. The Labute approximate surface area is 179 Å². The minimum atomic E-state index is -3.51. The van der Waals surface area contributed by atoms with E-state index < -0.39 is 6.19 Å². The molecule has 0 amide bonds. The molecule has 0 spiro atoms. The van der Waals surface area contributed by atoms with Gasteiger partial charge in [-0.1, -0.05) is 89.9 Å². The number of aliphatic hydroxyl groups excluding tert-OH is 3. The zero-order valence-electron chi connectivity index (χ0n) is 17.6. The van der Waals surface area contributed by atoms with Gasteiger partial charge >= 0.3 is 36.0 Å². The summed E-state index contributed by atoms with van der Waals surface area (Å²) in [5.41, 5.74) is 0. The summed E-state index contributed by atoms with van der Waals surface area (Å²) in [6.45, 7) is 0.601. The van der Waals surface area contributed by atoms with E-state index >= 15 is 0 Å². The third kappa shape index (κ3) is 34.2. The molecule has 0 saturated carbocycles. The molecule has 0 heterocycles. The first-order valence-electron chi connectivity index (χ1n) is 11.0. The average Bonchev–Trinajstić information content (AvgIpc) is 2.63. The molecule has 0 aromatic heterocycles. The van der Waals surface area contributed by atoms with Crippen LogP contribution in [0.15, 0.2) is 0 Å². The fraction of sp³-hybridized carbons (Fsp3) is 1.00. The van der Waals surface area contributed by atoms with E-state index in [2.05, 4.69) is 0 Å². The van der Waals surface area contributed by atoms with Crippen LogP contribution in [0.3, 0.4) is 0 Å². The maximum atomic E-state index is 8.98. The Morgan fingerprint density at radius 3 is 1.00 bits per heavy atom. The number of rotatable bonds is 19. The molecule has 0 radical (unpaired) electrons. The third-order valence-electron chi connectivity index (χ3n) is 4.79. The summed E-state index contributed by atoms with van der Waals surface area (Å²) in [6.07, 6.45) is 17.0. The molecule has 0 atom stereocenters. The van der Waals surface area contributed by atoms with Gasteiger partial charge in [0.2, 0.25) is 0 Å². The van der Waals surface area contributed by atoms with Crippen molar-refractivity contribution in [2.45, 2.75) is 103 Å². The number of aliphatic hydroxyl groups is 3. The van der Waals surface area contributed by atoms with Gasteiger partial charge in [-0.3, -0.25) is 0 Å². The van der Waals surface area contributed by atoms with Crippen molar-refractivity contribution in [3.63, 3.8) is 0 Å². The second-order valence-corrected chi connectivity index (χ2v) is 11.7. The van der Waals surface area contributed by atoms with Gasteiger partial charge < -0.3 is 15.3 Å². The van der Waals surface area contributed by atoms with Crippen LogP contribution in [0.4, 0.5) is 0 Å². The first-order valence-corrected chi connectivity index (χ1v) is 14.8. The Hall–Kier alpha value is 0.709. The van der Waals surface area contributed by atoms with E-state index in [4.69, 9.17) is 30.0 Å². The third-order valence-corrected chi connectivity index (χ3v) is 4.79. The first kappa shape index (κ1) is 30.9. The Kier molecular flexibility index (Phi) is 26.5. The van der Waals surface area contributed by atoms with Crippen molar-refractivity contribution in [1.82, 2.24) is 0 Å². The Morgan fingerprint density at radius 2 is 0.750 bits per heavy atom. The van der Waals surface area contributed by atoms with Crippen LogP contribution in [0.25, 0.3) is 0 Å². The zero-order chi connectivity index (χ0) is 21.5. The van der Waals surface area contributed by atoms with Crippen LogP contribution in [-0.2, 0) is 0 Å². The molecule has 0 rings (SSSR count). The maximum absolute atomic E-state index is 8.98. The quantitative estimate of drug-likeness (QED) is 0.0933. The Bertz CT molecular complexity index is 328. The van der Waals surface area contributed by atoms with Crippen molar-refractivity contribution in [1.29, 1.82) is 0 Å². The Balaban J connectivity index is 0. The predicted octanol–water partition coefficient (Wildman–Crippen LogP) is 3.63. The molecular weight excluding hydrogens is 446 g/mol. The summed E-state index contributed by atoms with van der Waals surface area (Å²) in [5, 5.41) is 26.7. The van der Waals surface area contributed by atoms with E-state index in [0.29, 0.717) is 6.61 Å². The molecule has 0 aliphatic heterocycles. The fourth-order valence-electron chi connectivity index (χ4n) is 3.08. The monoisotopic (exact) mass is 492 g/mol. The van der Waals surface area contributed by atoms with E-state index in [-0.39, 0.29) is 19.1 Å². The summed E-state index contributed by atoms with van der Waals surface area (Å²) in [4.78, 5) is 23.1. The second kappa shape index (κ2) is 24.0. The number of unbranched alkanes of at least 4 members (excludes halogenated alkanes) is 14. The van der Waals surface area contributed by atoms with Gasteiger partial charge in [-0.15, -0.1) is 0 Å². The molecule has 0 aliphatic rings. The van der Waals surface area contributed by atoms with Gasteiger partial charge in [0.25, 0.3) is 0 Å². The van der Waals surface area contributed by atoms with Crippen LogP contribution >= 0.6 is 6.19 Å². The van der Waals surface area contributed by atoms with Crippen LogP contribution in [0.2, 0.25) is 0 Å². The average molecular weight is 492 g/mol. The van der Waals surface area contributed by atoms with Gasteiger partial charge in [0.15, 0.2) is 0 Å².